The van der Waals surface area contributed by atoms with Crippen LogP contribution in [0.2, 0.25) is 5.15 Å². The molecule has 0 saturated heterocycles. The molecular formula is C21H15ClF3N3O3. The van der Waals surface area contributed by atoms with Gasteiger partial charge in [0.05, 0.1) is 23.8 Å². The lowest BCUT2D eigenvalue weighted by molar-refractivity contribution is -0.143. The van der Waals surface area contributed by atoms with Crippen LogP contribution in [0.4, 0.5) is 13.2 Å². The number of carboxylic acids is 1. The van der Waals surface area contributed by atoms with Crippen molar-refractivity contribution >= 4 is 17.6 Å². The third-order valence-electron chi connectivity index (χ3n) is 4.79. The molecule has 3 rings (SSSR count). The zero-order chi connectivity index (χ0) is 22.9. The van der Waals surface area contributed by atoms with Crippen LogP contribution in [0.3, 0.4) is 0 Å². The average molecular weight is 450 g/mol. The molecule has 0 spiro atoms. The Morgan fingerprint density at radius 2 is 1.94 bits per heavy atom. The number of hydrogen-bond donors (Lipinski definition) is 2. The Bertz CT molecular complexity index is 1200. The molecule has 10 heteroatoms. The van der Waals surface area contributed by atoms with E-state index in [4.69, 9.17) is 16.9 Å². The summed E-state index contributed by atoms with van der Waals surface area (Å²) < 4.78 is 42.9. The molecule has 0 bridgehead atoms. The molecule has 6 nitrogen and oxygen atoms in total. The van der Waals surface area contributed by atoms with Gasteiger partial charge in [-0.1, -0.05) is 23.7 Å². The molecule has 3 aromatic rings. The van der Waals surface area contributed by atoms with Gasteiger partial charge in [-0.3, -0.25) is 0 Å². The lowest BCUT2D eigenvalue weighted by Crippen LogP contribution is -2.19. The number of pyridine rings is 1. The molecule has 0 amide bonds. The van der Waals surface area contributed by atoms with Crippen molar-refractivity contribution in [2.45, 2.75) is 26.3 Å². The van der Waals surface area contributed by atoms with E-state index in [0.29, 0.717) is 5.56 Å². The number of hydrogen-bond acceptors (Lipinski definition) is 4. The van der Waals surface area contributed by atoms with Crippen LogP contribution >= 0.6 is 11.6 Å². The number of alkyl halides is 3. The molecule has 0 aliphatic carbocycles. The van der Waals surface area contributed by atoms with E-state index in [0.717, 1.165) is 4.57 Å². The Labute approximate surface area is 179 Å². The molecular weight excluding hydrogens is 435 g/mol. The third-order valence-corrected chi connectivity index (χ3v) is 5.13. The van der Waals surface area contributed by atoms with E-state index in [1.165, 1.54) is 43.5 Å². The monoisotopic (exact) mass is 449 g/mol. The number of rotatable bonds is 5. The average Bonchev–Trinajstić information content (AvgIpc) is 3.02. The van der Waals surface area contributed by atoms with E-state index in [2.05, 4.69) is 4.98 Å². The van der Waals surface area contributed by atoms with Crippen LogP contribution in [0.15, 0.2) is 36.5 Å². The number of carbonyl (C=O) groups is 1. The molecule has 160 valence electrons. The van der Waals surface area contributed by atoms with Crippen molar-refractivity contribution < 1.29 is 28.2 Å². The summed E-state index contributed by atoms with van der Waals surface area (Å²) in [5, 5.41) is 28.0. The Balaban J connectivity index is 2.27. The highest BCUT2D eigenvalue weighted by Crippen LogP contribution is 2.41. The zero-order valence-corrected chi connectivity index (χ0v) is 16.8. The summed E-state index contributed by atoms with van der Waals surface area (Å²) in [6.07, 6.45) is -3.69. The smallest absolute Gasteiger partial charge is 0.432 e. The van der Waals surface area contributed by atoms with Crippen LogP contribution in [-0.4, -0.2) is 25.7 Å². The highest BCUT2D eigenvalue weighted by molar-refractivity contribution is 6.30. The first kappa shape index (κ1) is 22.3. The number of nitrogens with zero attached hydrogens (tertiary/aromatic N) is 3. The summed E-state index contributed by atoms with van der Waals surface area (Å²) in [5.41, 5.74) is -1.12. The number of aromatic carboxylic acids is 1. The second-order valence-electron chi connectivity index (χ2n) is 6.71. The van der Waals surface area contributed by atoms with E-state index in [1.54, 1.807) is 0 Å². The highest BCUT2D eigenvalue weighted by Gasteiger charge is 2.42. The van der Waals surface area contributed by atoms with Crippen molar-refractivity contribution in [3.8, 4) is 17.2 Å². The minimum atomic E-state index is -4.96. The Morgan fingerprint density at radius 3 is 2.45 bits per heavy atom. The molecule has 0 atom stereocenters. The fraction of sp³-hybridized carbons (Fsp3) is 0.190. The number of carboxylic acid groups (broad SMARTS) is 1. The van der Waals surface area contributed by atoms with Crippen molar-refractivity contribution in [2.24, 2.45) is 0 Å². The standard InChI is InChI=1S/C21H15ClF3N3O3/c1-11-16(14-4-2-12(7-26)3-5-14)17(20(30)31)18(21(23,24)25)28(11)9-13-6-15(10-29)19(22)27-8-13/h2-6,8,29H,9-10H2,1H3,(H,30,31). The fourth-order valence-electron chi connectivity index (χ4n) is 3.43. The SMILES string of the molecule is Cc1c(-c2ccc(C#N)cc2)c(C(=O)O)c(C(F)(F)F)n1Cc1cnc(Cl)c(CO)c1. The molecule has 2 aromatic heterocycles. The molecule has 0 unspecified atom stereocenters. The van der Waals surface area contributed by atoms with Gasteiger partial charge in [0.1, 0.15) is 10.8 Å². The molecule has 31 heavy (non-hydrogen) atoms. The first-order chi connectivity index (χ1) is 14.6. The molecule has 0 aliphatic rings. The summed E-state index contributed by atoms with van der Waals surface area (Å²) >= 11 is 5.85. The predicted octanol–water partition coefficient (Wildman–Crippen LogP) is 4.64. The number of halogens is 4. The van der Waals surface area contributed by atoms with E-state index < -0.39 is 30.0 Å². The van der Waals surface area contributed by atoms with Gasteiger partial charge in [0, 0.05) is 29.6 Å². The summed E-state index contributed by atoms with van der Waals surface area (Å²) in [6.45, 7) is 0.604. The third kappa shape index (κ3) is 4.26. The second kappa shape index (κ2) is 8.41. The normalized spacial score (nSPS) is 11.4. The van der Waals surface area contributed by atoms with Crippen LogP contribution in [-0.2, 0) is 19.3 Å². The number of aliphatic hydroxyl groups excluding tert-OH is 1. The lowest BCUT2D eigenvalue weighted by Gasteiger charge is -2.15. The number of benzene rings is 1. The van der Waals surface area contributed by atoms with Gasteiger partial charge in [0.25, 0.3) is 0 Å². The molecule has 0 saturated carbocycles. The molecule has 0 fully saturated rings. The van der Waals surface area contributed by atoms with Crippen molar-refractivity contribution in [3.63, 3.8) is 0 Å². The molecule has 0 aliphatic heterocycles. The predicted molar refractivity (Wildman–Crippen MR) is 106 cm³/mol. The van der Waals surface area contributed by atoms with Gasteiger partial charge in [0.15, 0.2) is 0 Å². The maximum absolute atomic E-state index is 14.0. The van der Waals surface area contributed by atoms with Crippen LogP contribution in [0, 0.1) is 18.3 Å². The largest absolute Gasteiger partial charge is 0.478 e. The van der Waals surface area contributed by atoms with Crippen LogP contribution in [0.5, 0.6) is 0 Å². The van der Waals surface area contributed by atoms with Crippen molar-refractivity contribution in [1.29, 1.82) is 5.26 Å². The van der Waals surface area contributed by atoms with Crippen LogP contribution in [0.1, 0.15) is 38.4 Å². The van der Waals surface area contributed by atoms with E-state index in [9.17, 15) is 28.2 Å². The quantitative estimate of drug-likeness (QED) is 0.553. The summed E-state index contributed by atoms with van der Waals surface area (Å²) in [4.78, 5) is 15.8. The first-order valence-electron chi connectivity index (χ1n) is 8.86. The van der Waals surface area contributed by atoms with Crippen LogP contribution in [0.25, 0.3) is 11.1 Å². The molecule has 1 aromatic carbocycles. The van der Waals surface area contributed by atoms with Crippen molar-refractivity contribution in [1.82, 2.24) is 9.55 Å². The Hall–Kier alpha value is -3.35. The van der Waals surface area contributed by atoms with Gasteiger partial charge >= 0.3 is 12.1 Å². The number of nitriles is 1. The van der Waals surface area contributed by atoms with Gasteiger partial charge in [-0.05, 0) is 36.2 Å². The summed E-state index contributed by atoms with van der Waals surface area (Å²) in [6, 6.07) is 8.95. The van der Waals surface area contributed by atoms with E-state index in [-0.39, 0.29) is 39.6 Å². The maximum atomic E-state index is 14.0. The molecule has 2 N–H and O–H groups in total. The van der Waals surface area contributed by atoms with Crippen molar-refractivity contribution in [2.75, 3.05) is 0 Å². The highest BCUT2D eigenvalue weighted by atomic mass is 35.5. The molecule has 2 heterocycles. The number of aromatic nitrogens is 2. The van der Waals surface area contributed by atoms with Gasteiger partial charge in [-0.15, -0.1) is 0 Å². The minimum Gasteiger partial charge on any atom is -0.478 e. The maximum Gasteiger partial charge on any atom is 0.432 e. The topological polar surface area (TPSA) is 99.1 Å². The summed E-state index contributed by atoms with van der Waals surface area (Å²) in [7, 11) is 0. The number of aliphatic hydroxyl groups is 1. The lowest BCUT2D eigenvalue weighted by atomic mass is 9.99. The minimum absolute atomic E-state index is 0.0241. The van der Waals surface area contributed by atoms with Gasteiger partial charge in [-0.2, -0.15) is 18.4 Å². The van der Waals surface area contributed by atoms with Gasteiger partial charge in [-0.25, -0.2) is 9.78 Å². The second-order valence-corrected chi connectivity index (χ2v) is 7.07. The van der Waals surface area contributed by atoms with Gasteiger partial charge < -0.3 is 14.8 Å². The first-order valence-corrected chi connectivity index (χ1v) is 9.24. The zero-order valence-electron chi connectivity index (χ0n) is 16.0. The van der Waals surface area contributed by atoms with Crippen LogP contribution < -0.4 is 0 Å². The molecule has 0 radical (unpaired) electrons. The summed E-state index contributed by atoms with van der Waals surface area (Å²) in [5.74, 6) is -1.72. The van der Waals surface area contributed by atoms with Crippen molar-refractivity contribution in [3.05, 3.63) is 75.3 Å². The van der Waals surface area contributed by atoms with Gasteiger partial charge in [0.2, 0.25) is 0 Å². The fourth-order valence-corrected chi connectivity index (χ4v) is 3.59. The van der Waals surface area contributed by atoms with E-state index >= 15 is 0 Å². The van der Waals surface area contributed by atoms with E-state index in [1.807, 2.05) is 6.07 Å². The Morgan fingerprint density at radius 1 is 1.29 bits per heavy atom. The Kier molecular flexibility index (Phi) is 6.06.